The summed E-state index contributed by atoms with van der Waals surface area (Å²) < 4.78 is 5.31. The zero-order valence-electron chi connectivity index (χ0n) is 20.5. The predicted octanol–water partition coefficient (Wildman–Crippen LogP) is 4.49. The number of carbonyl (C=O) groups is 3. The molecule has 0 saturated heterocycles. The second-order valence-electron chi connectivity index (χ2n) is 9.50. The quantitative estimate of drug-likeness (QED) is 0.217. The molecule has 0 aliphatic heterocycles. The van der Waals surface area contributed by atoms with Crippen LogP contribution >= 0.6 is 0 Å². The number of ether oxygens (including phenoxy) is 1. The summed E-state index contributed by atoms with van der Waals surface area (Å²) in [7, 11) is 0. The van der Waals surface area contributed by atoms with Gasteiger partial charge in [0.15, 0.2) is 0 Å². The number of nitrogen functional groups attached to an aromatic ring is 1. The highest BCUT2D eigenvalue weighted by atomic mass is 16.5. The molecule has 0 fully saturated rings. The smallest absolute Gasteiger partial charge is 0.338 e. The van der Waals surface area contributed by atoms with Crippen LogP contribution in [0.3, 0.4) is 0 Å². The van der Waals surface area contributed by atoms with Gasteiger partial charge in [0.2, 0.25) is 0 Å². The number of aryl methyl sites for hydroxylation is 1. The molecule has 0 aliphatic carbocycles. The van der Waals surface area contributed by atoms with Crippen LogP contribution in [0.15, 0.2) is 54.6 Å². The maximum atomic E-state index is 13.2. The minimum absolute atomic E-state index is 0.0243. The normalized spacial score (nSPS) is 11.0. The lowest BCUT2D eigenvalue weighted by Crippen LogP contribution is -2.19. The number of carbonyl (C=O) groups excluding carboxylic acids is 2. The zero-order chi connectivity index (χ0) is 26.6. The summed E-state index contributed by atoms with van der Waals surface area (Å²) in [6.45, 7) is 7.65. The van der Waals surface area contributed by atoms with Gasteiger partial charge < -0.3 is 20.9 Å². The van der Waals surface area contributed by atoms with Crippen LogP contribution in [-0.4, -0.2) is 40.4 Å². The highest BCUT2D eigenvalue weighted by molar-refractivity contribution is 6.09. The molecule has 186 valence electrons. The van der Waals surface area contributed by atoms with E-state index < -0.39 is 17.8 Å². The van der Waals surface area contributed by atoms with Crippen molar-refractivity contribution in [3.63, 3.8) is 0 Å². The van der Waals surface area contributed by atoms with Crippen LogP contribution in [0.2, 0.25) is 0 Å². The van der Waals surface area contributed by atoms with Crippen molar-refractivity contribution in [2.45, 2.75) is 27.7 Å². The van der Waals surface area contributed by atoms with Gasteiger partial charge in [-0.15, -0.1) is 0 Å². The number of amides is 1. The van der Waals surface area contributed by atoms with Crippen molar-refractivity contribution < 1.29 is 24.2 Å². The van der Waals surface area contributed by atoms with E-state index in [-0.39, 0.29) is 40.2 Å². The van der Waals surface area contributed by atoms with E-state index in [1.807, 2.05) is 20.8 Å². The average molecular weight is 489 g/mol. The fraction of sp³-hybridized carbons (Fsp3) is 0.222. The Hall–Kier alpha value is -4.53. The number of nitrogens with zero attached hydrogens (tertiary/aromatic N) is 1. The summed E-state index contributed by atoms with van der Waals surface area (Å²) in [6, 6.07) is 13.9. The molecule has 5 N–H and O–H groups in total. The van der Waals surface area contributed by atoms with Crippen LogP contribution in [-0.2, 0) is 4.74 Å². The molecule has 0 spiro atoms. The Morgan fingerprint density at radius 1 is 1.00 bits per heavy atom. The molecule has 9 nitrogen and oxygen atoms in total. The van der Waals surface area contributed by atoms with Gasteiger partial charge in [0.25, 0.3) is 5.91 Å². The summed E-state index contributed by atoms with van der Waals surface area (Å²) in [5, 5.41) is 20.1. The first-order valence-electron chi connectivity index (χ1n) is 11.1. The summed E-state index contributed by atoms with van der Waals surface area (Å²) in [4.78, 5) is 42.1. The molecule has 0 saturated carbocycles. The van der Waals surface area contributed by atoms with Crippen LogP contribution in [0, 0.1) is 17.7 Å². The third-order valence-corrected chi connectivity index (χ3v) is 5.12. The van der Waals surface area contributed by atoms with Crippen molar-refractivity contribution in [3.05, 3.63) is 82.7 Å². The Kier molecular flexibility index (Phi) is 7.53. The molecule has 0 aliphatic rings. The van der Waals surface area contributed by atoms with Gasteiger partial charge in [-0.1, -0.05) is 32.9 Å². The first-order chi connectivity index (χ1) is 16.9. The summed E-state index contributed by atoms with van der Waals surface area (Å²) in [5.41, 5.74) is 7.24. The molecule has 1 aromatic heterocycles. The molecule has 0 unspecified atom stereocenters. The Bertz CT molecular complexity index is 1340. The fourth-order valence-corrected chi connectivity index (χ4v) is 3.32. The van der Waals surface area contributed by atoms with Crippen LogP contribution < -0.4 is 11.1 Å². The van der Waals surface area contributed by atoms with Gasteiger partial charge in [-0.25, -0.2) is 14.6 Å². The molecule has 36 heavy (non-hydrogen) atoms. The topological polar surface area (TPSA) is 155 Å². The van der Waals surface area contributed by atoms with Crippen molar-refractivity contribution in [3.8, 4) is 11.1 Å². The molecule has 1 amide bonds. The molecule has 1 heterocycles. The Morgan fingerprint density at radius 2 is 1.61 bits per heavy atom. The average Bonchev–Trinajstić information content (AvgIpc) is 2.82. The maximum Gasteiger partial charge on any atom is 0.338 e. The lowest BCUT2D eigenvalue weighted by molar-refractivity contribution is 0.0367. The number of pyridine rings is 1. The molecule has 2 aromatic carbocycles. The Labute approximate surface area is 208 Å². The number of carboxylic acids is 1. The molecule has 0 radical (unpaired) electrons. The second kappa shape index (κ2) is 10.4. The molecule has 3 rings (SSSR count). The van der Waals surface area contributed by atoms with E-state index in [9.17, 15) is 19.5 Å². The minimum atomic E-state index is -1.26. The largest absolute Gasteiger partial charge is 0.478 e. The molecule has 0 bridgehead atoms. The number of amidine groups is 1. The monoisotopic (exact) mass is 488 g/mol. The molecule has 9 heteroatoms. The van der Waals surface area contributed by atoms with Gasteiger partial charge in [-0.05, 0) is 60.4 Å². The van der Waals surface area contributed by atoms with Gasteiger partial charge in [0.1, 0.15) is 11.5 Å². The number of esters is 1. The summed E-state index contributed by atoms with van der Waals surface area (Å²) >= 11 is 0. The maximum absolute atomic E-state index is 13.2. The first-order valence-corrected chi connectivity index (χ1v) is 11.1. The number of benzene rings is 2. The lowest BCUT2D eigenvalue weighted by Gasteiger charge is -2.18. The van der Waals surface area contributed by atoms with Crippen molar-refractivity contribution in [1.29, 1.82) is 5.41 Å². The van der Waals surface area contributed by atoms with Crippen molar-refractivity contribution >= 4 is 29.4 Å². The molecular formula is C27H28N4O5. The fourth-order valence-electron chi connectivity index (χ4n) is 3.32. The summed E-state index contributed by atoms with van der Waals surface area (Å²) in [6.07, 6.45) is 0. The number of hydrogen-bond acceptors (Lipinski definition) is 6. The van der Waals surface area contributed by atoms with Crippen LogP contribution in [0.25, 0.3) is 11.1 Å². The SMILES string of the molecule is Cc1ccc(-c2ccc(C(=O)OCC(C)(C)C)cc2C(=O)O)c(C(=O)Nc2ccc(C(=N)N)cc2)n1. The van der Waals surface area contributed by atoms with Crippen LogP contribution in [0.4, 0.5) is 5.69 Å². The van der Waals surface area contributed by atoms with E-state index in [4.69, 9.17) is 15.9 Å². The Balaban J connectivity index is 1.98. The van der Waals surface area contributed by atoms with E-state index in [1.165, 1.54) is 18.2 Å². The number of nitrogens with two attached hydrogens (primary N) is 1. The summed E-state index contributed by atoms with van der Waals surface area (Å²) in [5.74, 6) is -2.54. The number of rotatable bonds is 7. The third kappa shape index (κ3) is 6.32. The van der Waals surface area contributed by atoms with E-state index in [0.717, 1.165) is 0 Å². The number of hydrogen-bond donors (Lipinski definition) is 4. The van der Waals surface area contributed by atoms with E-state index in [1.54, 1.807) is 43.3 Å². The van der Waals surface area contributed by atoms with E-state index >= 15 is 0 Å². The highest BCUT2D eigenvalue weighted by Gasteiger charge is 2.23. The lowest BCUT2D eigenvalue weighted by atomic mass is 9.95. The van der Waals surface area contributed by atoms with Crippen molar-refractivity contribution in [1.82, 2.24) is 4.98 Å². The van der Waals surface area contributed by atoms with Gasteiger partial charge in [0, 0.05) is 22.5 Å². The standard InChI is InChI=1S/C27H28N4O5/c1-15-5-11-20(22(30-15)24(32)31-18-9-6-16(7-10-18)23(28)29)19-12-8-17(13-21(19)25(33)34)26(35)36-14-27(2,3)4/h5-13H,14H2,1-4H3,(H3,28,29)(H,31,32)(H,33,34). The van der Waals surface area contributed by atoms with Crippen LogP contribution in [0.1, 0.15) is 63.2 Å². The van der Waals surface area contributed by atoms with E-state index in [0.29, 0.717) is 22.5 Å². The number of anilines is 1. The van der Waals surface area contributed by atoms with Gasteiger partial charge in [-0.2, -0.15) is 0 Å². The predicted molar refractivity (Wildman–Crippen MR) is 137 cm³/mol. The van der Waals surface area contributed by atoms with E-state index in [2.05, 4.69) is 10.3 Å². The van der Waals surface area contributed by atoms with Gasteiger partial charge in [-0.3, -0.25) is 10.2 Å². The molecule has 0 atom stereocenters. The van der Waals surface area contributed by atoms with Crippen molar-refractivity contribution in [2.75, 3.05) is 11.9 Å². The van der Waals surface area contributed by atoms with Gasteiger partial charge >= 0.3 is 11.9 Å². The third-order valence-electron chi connectivity index (χ3n) is 5.12. The number of carboxylic acid groups (broad SMARTS) is 1. The molecule has 3 aromatic rings. The van der Waals surface area contributed by atoms with Crippen molar-refractivity contribution in [2.24, 2.45) is 11.1 Å². The first kappa shape index (κ1) is 26.1. The van der Waals surface area contributed by atoms with Gasteiger partial charge in [0.05, 0.1) is 17.7 Å². The number of nitrogens with one attached hydrogen (secondary N) is 2. The highest BCUT2D eigenvalue weighted by Crippen LogP contribution is 2.29. The number of aromatic nitrogens is 1. The van der Waals surface area contributed by atoms with Crippen LogP contribution in [0.5, 0.6) is 0 Å². The Morgan fingerprint density at radius 3 is 2.19 bits per heavy atom. The zero-order valence-corrected chi connectivity index (χ0v) is 20.5. The molecular weight excluding hydrogens is 460 g/mol. The number of aromatic carboxylic acids is 1. The second-order valence-corrected chi connectivity index (χ2v) is 9.50. The minimum Gasteiger partial charge on any atom is -0.478 e.